The normalized spacial score (nSPS) is 10.9. The lowest BCUT2D eigenvalue weighted by Crippen LogP contribution is -1.94. The van der Waals surface area contributed by atoms with Gasteiger partial charge >= 0.3 is 5.97 Å². The molecule has 2 N–H and O–H groups in total. The van der Waals surface area contributed by atoms with Crippen LogP contribution in [0.1, 0.15) is 48.7 Å². The van der Waals surface area contributed by atoms with Gasteiger partial charge in [0.2, 0.25) is 0 Å². The van der Waals surface area contributed by atoms with Crippen molar-refractivity contribution < 1.29 is 9.90 Å². The van der Waals surface area contributed by atoms with Gasteiger partial charge in [0.25, 0.3) is 0 Å². The zero-order valence-electron chi connectivity index (χ0n) is 10.7. The number of carboxylic acid groups (broad SMARTS) is 1. The van der Waals surface area contributed by atoms with Gasteiger partial charge in [-0.25, -0.2) is 4.79 Å². The number of aryl methyl sites for hydroxylation is 1. The minimum atomic E-state index is -0.873. The van der Waals surface area contributed by atoms with Gasteiger partial charge in [-0.1, -0.05) is 26.2 Å². The minimum absolute atomic E-state index is 0.346. The number of hydrogen-bond donors (Lipinski definition) is 2. The van der Waals surface area contributed by atoms with E-state index in [1.54, 1.807) is 12.1 Å². The number of aromatic carboxylic acids is 1. The molecule has 1 aromatic heterocycles. The summed E-state index contributed by atoms with van der Waals surface area (Å²) >= 11 is 0. The summed E-state index contributed by atoms with van der Waals surface area (Å²) in [5, 5.41) is 9.93. The van der Waals surface area contributed by atoms with Crippen molar-refractivity contribution in [2.75, 3.05) is 0 Å². The van der Waals surface area contributed by atoms with Crippen LogP contribution in [0.5, 0.6) is 0 Å². The molecule has 3 nitrogen and oxygen atoms in total. The van der Waals surface area contributed by atoms with E-state index < -0.39 is 5.97 Å². The highest BCUT2D eigenvalue weighted by Crippen LogP contribution is 2.19. The van der Waals surface area contributed by atoms with Crippen molar-refractivity contribution in [1.29, 1.82) is 0 Å². The molecule has 1 heterocycles. The van der Waals surface area contributed by atoms with Gasteiger partial charge in [0.05, 0.1) is 5.56 Å². The molecule has 0 atom stereocenters. The van der Waals surface area contributed by atoms with E-state index in [0.29, 0.717) is 5.56 Å². The van der Waals surface area contributed by atoms with Crippen molar-refractivity contribution in [3.05, 3.63) is 35.5 Å². The van der Waals surface area contributed by atoms with E-state index in [4.69, 9.17) is 5.11 Å². The minimum Gasteiger partial charge on any atom is -0.478 e. The maximum absolute atomic E-state index is 10.9. The first-order valence-electron chi connectivity index (χ1n) is 6.55. The Bertz CT molecular complexity index is 542. The van der Waals surface area contributed by atoms with Gasteiger partial charge in [-0.2, -0.15) is 0 Å². The monoisotopic (exact) mass is 245 g/mol. The molecule has 0 saturated carbocycles. The molecule has 0 amide bonds. The van der Waals surface area contributed by atoms with Gasteiger partial charge in [-0.05, 0) is 37.1 Å². The molecule has 2 rings (SSSR count). The Balaban J connectivity index is 2.09. The fourth-order valence-electron chi connectivity index (χ4n) is 2.20. The number of hydrogen-bond acceptors (Lipinski definition) is 1. The Kier molecular flexibility index (Phi) is 4.03. The third-order valence-electron chi connectivity index (χ3n) is 3.22. The van der Waals surface area contributed by atoms with Gasteiger partial charge in [0.1, 0.15) is 0 Å². The molecule has 0 aliphatic rings. The summed E-state index contributed by atoms with van der Waals surface area (Å²) in [6.07, 6.45) is 6.01. The fourth-order valence-corrected chi connectivity index (χ4v) is 2.20. The van der Waals surface area contributed by atoms with Crippen LogP contribution in [0.3, 0.4) is 0 Å². The van der Waals surface area contributed by atoms with Crippen molar-refractivity contribution in [2.45, 2.75) is 39.0 Å². The van der Waals surface area contributed by atoms with E-state index in [2.05, 4.69) is 18.0 Å². The highest BCUT2D eigenvalue weighted by atomic mass is 16.4. The molecule has 2 aromatic rings. The number of H-pyrrole nitrogens is 1. The molecule has 18 heavy (non-hydrogen) atoms. The predicted octanol–water partition coefficient (Wildman–Crippen LogP) is 3.99. The highest BCUT2D eigenvalue weighted by molar-refractivity contribution is 5.93. The molecule has 96 valence electrons. The molecule has 0 aliphatic heterocycles. The van der Waals surface area contributed by atoms with E-state index >= 15 is 0 Å². The molecule has 0 fully saturated rings. The summed E-state index contributed by atoms with van der Waals surface area (Å²) in [6, 6.07) is 7.27. The maximum atomic E-state index is 10.9. The van der Waals surface area contributed by atoms with E-state index in [-0.39, 0.29) is 0 Å². The lowest BCUT2D eigenvalue weighted by atomic mass is 10.1. The third-order valence-corrected chi connectivity index (χ3v) is 3.22. The van der Waals surface area contributed by atoms with E-state index in [1.165, 1.54) is 31.4 Å². The topological polar surface area (TPSA) is 53.1 Å². The third kappa shape index (κ3) is 2.92. The predicted molar refractivity (Wildman–Crippen MR) is 73.1 cm³/mol. The lowest BCUT2D eigenvalue weighted by molar-refractivity contribution is 0.0697. The molecule has 0 aliphatic carbocycles. The van der Waals surface area contributed by atoms with Crippen LogP contribution in [0.4, 0.5) is 0 Å². The molecule has 0 bridgehead atoms. The number of rotatable bonds is 6. The summed E-state index contributed by atoms with van der Waals surface area (Å²) in [6.45, 7) is 2.20. The SMILES string of the molecule is CCCCCCc1cc2cc(C(=O)O)ccc2[nH]1. The molecule has 0 saturated heterocycles. The number of aromatic amines is 1. The molecule has 0 spiro atoms. The second kappa shape index (κ2) is 5.71. The number of carbonyl (C=O) groups is 1. The zero-order valence-corrected chi connectivity index (χ0v) is 10.7. The highest BCUT2D eigenvalue weighted by Gasteiger charge is 2.06. The van der Waals surface area contributed by atoms with Gasteiger partial charge < -0.3 is 10.1 Å². The Morgan fingerprint density at radius 3 is 2.78 bits per heavy atom. The van der Waals surface area contributed by atoms with Crippen LogP contribution in [-0.4, -0.2) is 16.1 Å². The first-order chi connectivity index (χ1) is 8.70. The Morgan fingerprint density at radius 2 is 2.06 bits per heavy atom. The standard InChI is InChI=1S/C15H19NO2/c1-2-3-4-5-6-13-10-12-9-11(15(17)18)7-8-14(12)16-13/h7-10,16H,2-6H2,1H3,(H,17,18). The van der Waals surface area contributed by atoms with Crippen molar-refractivity contribution >= 4 is 16.9 Å². The van der Waals surface area contributed by atoms with E-state index in [9.17, 15) is 4.79 Å². The lowest BCUT2D eigenvalue weighted by Gasteiger charge is -1.96. The largest absolute Gasteiger partial charge is 0.478 e. The van der Waals surface area contributed by atoms with Crippen LogP contribution in [0.25, 0.3) is 10.9 Å². The first-order valence-corrected chi connectivity index (χ1v) is 6.55. The number of nitrogens with one attached hydrogen (secondary N) is 1. The van der Waals surface area contributed by atoms with Crippen molar-refractivity contribution in [1.82, 2.24) is 4.98 Å². The molecule has 3 heteroatoms. The van der Waals surface area contributed by atoms with Crippen LogP contribution < -0.4 is 0 Å². The summed E-state index contributed by atoms with van der Waals surface area (Å²) in [4.78, 5) is 14.2. The molecule has 1 aromatic carbocycles. The smallest absolute Gasteiger partial charge is 0.335 e. The summed E-state index contributed by atoms with van der Waals surface area (Å²) < 4.78 is 0. The van der Waals surface area contributed by atoms with E-state index in [0.717, 1.165) is 17.3 Å². The summed E-state index contributed by atoms with van der Waals surface area (Å²) in [5.41, 5.74) is 2.56. The average Bonchev–Trinajstić information content (AvgIpc) is 2.76. The van der Waals surface area contributed by atoms with Crippen LogP contribution in [0, 0.1) is 0 Å². The number of aromatic nitrogens is 1. The van der Waals surface area contributed by atoms with E-state index in [1.807, 2.05) is 6.07 Å². The second-order valence-electron chi connectivity index (χ2n) is 4.71. The van der Waals surface area contributed by atoms with Gasteiger partial charge in [-0.3, -0.25) is 0 Å². The van der Waals surface area contributed by atoms with Crippen molar-refractivity contribution in [3.8, 4) is 0 Å². The first kappa shape index (κ1) is 12.7. The molecular formula is C15H19NO2. The van der Waals surface area contributed by atoms with Crippen LogP contribution in [0.15, 0.2) is 24.3 Å². The van der Waals surface area contributed by atoms with Crippen LogP contribution in [-0.2, 0) is 6.42 Å². The molecule has 0 unspecified atom stereocenters. The number of unbranched alkanes of at least 4 members (excludes halogenated alkanes) is 3. The maximum Gasteiger partial charge on any atom is 0.335 e. The average molecular weight is 245 g/mol. The Labute approximate surface area is 107 Å². The van der Waals surface area contributed by atoms with Crippen molar-refractivity contribution in [3.63, 3.8) is 0 Å². The quantitative estimate of drug-likeness (QED) is 0.756. The fraction of sp³-hybridized carbons (Fsp3) is 0.400. The molecular weight excluding hydrogens is 226 g/mol. The van der Waals surface area contributed by atoms with Crippen molar-refractivity contribution in [2.24, 2.45) is 0 Å². The number of fused-ring (bicyclic) bond motifs is 1. The van der Waals surface area contributed by atoms with Gasteiger partial charge in [0, 0.05) is 16.6 Å². The summed E-state index contributed by atoms with van der Waals surface area (Å²) in [5.74, 6) is -0.873. The van der Waals surface area contributed by atoms with Gasteiger partial charge in [0.15, 0.2) is 0 Å². The zero-order chi connectivity index (χ0) is 13.0. The molecule has 0 radical (unpaired) electrons. The number of benzene rings is 1. The van der Waals surface area contributed by atoms with Crippen LogP contribution in [0.2, 0.25) is 0 Å². The Morgan fingerprint density at radius 1 is 1.22 bits per heavy atom. The van der Waals surface area contributed by atoms with Gasteiger partial charge in [-0.15, -0.1) is 0 Å². The van der Waals surface area contributed by atoms with Crippen LogP contribution >= 0.6 is 0 Å². The Hall–Kier alpha value is -1.77. The second-order valence-corrected chi connectivity index (χ2v) is 4.71. The summed E-state index contributed by atoms with van der Waals surface area (Å²) in [7, 11) is 0. The number of carboxylic acids is 1.